The lowest BCUT2D eigenvalue weighted by atomic mass is 9.98. The molecular weight excluding hydrogens is 233 g/mol. The van der Waals surface area contributed by atoms with Gasteiger partial charge in [0.1, 0.15) is 5.82 Å². The van der Waals surface area contributed by atoms with Gasteiger partial charge < -0.3 is 9.84 Å². The van der Waals surface area contributed by atoms with E-state index in [1.165, 1.54) is 12.1 Å². The van der Waals surface area contributed by atoms with Crippen LogP contribution in [0.25, 0.3) is 11.4 Å². The fourth-order valence-electron chi connectivity index (χ4n) is 2.21. The molecule has 0 unspecified atom stereocenters. The SMILES string of the molecule is Fc1cccc(-c2noc(C3CCNCC3)n2)c1. The van der Waals surface area contributed by atoms with Crippen LogP contribution in [0.5, 0.6) is 0 Å². The zero-order valence-corrected chi connectivity index (χ0v) is 9.90. The van der Waals surface area contributed by atoms with Crippen molar-refractivity contribution in [3.63, 3.8) is 0 Å². The molecule has 1 aliphatic heterocycles. The maximum Gasteiger partial charge on any atom is 0.230 e. The third-order valence-electron chi connectivity index (χ3n) is 3.21. The lowest BCUT2D eigenvalue weighted by molar-refractivity contribution is 0.320. The molecule has 0 spiro atoms. The smallest absolute Gasteiger partial charge is 0.230 e. The summed E-state index contributed by atoms with van der Waals surface area (Å²) in [6.07, 6.45) is 2.01. The Morgan fingerprint density at radius 1 is 1.28 bits per heavy atom. The number of nitrogens with one attached hydrogen (secondary N) is 1. The lowest BCUT2D eigenvalue weighted by Gasteiger charge is -2.18. The Bertz CT molecular complexity index is 535. The number of rotatable bonds is 2. The van der Waals surface area contributed by atoms with Crippen LogP contribution in [0.4, 0.5) is 4.39 Å². The van der Waals surface area contributed by atoms with E-state index in [1.54, 1.807) is 12.1 Å². The highest BCUT2D eigenvalue weighted by atomic mass is 19.1. The fourth-order valence-corrected chi connectivity index (χ4v) is 2.21. The summed E-state index contributed by atoms with van der Waals surface area (Å²) in [5.41, 5.74) is 0.652. The first-order chi connectivity index (χ1) is 8.83. The zero-order chi connectivity index (χ0) is 12.4. The predicted octanol–water partition coefficient (Wildman–Crippen LogP) is 2.34. The van der Waals surface area contributed by atoms with Crippen LogP contribution in [0.1, 0.15) is 24.7 Å². The van der Waals surface area contributed by atoms with Gasteiger partial charge in [-0.1, -0.05) is 17.3 Å². The topological polar surface area (TPSA) is 51.0 Å². The van der Waals surface area contributed by atoms with E-state index in [4.69, 9.17) is 4.52 Å². The van der Waals surface area contributed by atoms with E-state index in [0.717, 1.165) is 25.9 Å². The minimum Gasteiger partial charge on any atom is -0.339 e. The fraction of sp³-hybridized carbons (Fsp3) is 0.385. The minimum absolute atomic E-state index is 0.291. The quantitative estimate of drug-likeness (QED) is 0.885. The molecule has 94 valence electrons. The van der Waals surface area contributed by atoms with Crippen LogP contribution in [0.2, 0.25) is 0 Å². The van der Waals surface area contributed by atoms with Crippen LogP contribution in [-0.2, 0) is 0 Å². The van der Waals surface area contributed by atoms with Crippen molar-refractivity contribution in [3.8, 4) is 11.4 Å². The number of hydrogen-bond acceptors (Lipinski definition) is 4. The summed E-state index contributed by atoms with van der Waals surface area (Å²) in [5, 5.41) is 7.22. The maximum atomic E-state index is 13.1. The van der Waals surface area contributed by atoms with E-state index in [1.807, 2.05) is 0 Å². The molecule has 1 aromatic carbocycles. The minimum atomic E-state index is -0.291. The summed E-state index contributed by atoms with van der Waals surface area (Å²) in [5.74, 6) is 1.15. The Kier molecular flexibility index (Phi) is 3.06. The van der Waals surface area contributed by atoms with Crippen molar-refractivity contribution in [3.05, 3.63) is 36.0 Å². The first-order valence-electron chi connectivity index (χ1n) is 6.13. The Morgan fingerprint density at radius 2 is 2.11 bits per heavy atom. The van der Waals surface area contributed by atoms with E-state index in [-0.39, 0.29) is 5.82 Å². The number of aromatic nitrogens is 2. The number of nitrogens with zero attached hydrogens (tertiary/aromatic N) is 2. The summed E-state index contributed by atoms with van der Waals surface area (Å²) >= 11 is 0. The van der Waals surface area contributed by atoms with Crippen molar-refractivity contribution in [2.24, 2.45) is 0 Å². The van der Waals surface area contributed by atoms with E-state index in [0.29, 0.717) is 23.2 Å². The van der Waals surface area contributed by atoms with Crippen molar-refractivity contribution < 1.29 is 8.91 Å². The third kappa shape index (κ3) is 2.26. The van der Waals surface area contributed by atoms with E-state index < -0.39 is 0 Å². The molecule has 0 atom stereocenters. The molecule has 1 aromatic heterocycles. The molecule has 4 nitrogen and oxygen atoms in total. The third-order valence-corrected chi connectivity index (χ3v) is 3.21. The first-order valence-corrected chi connectivity index (χ1v) is 6.13. The van der Waals surface area contributed by atoms with Gasteiger partial charge >= 0.3 is 0 Å². The van der Waals surface area contributed by atoms with Gasteiger partial charge in [-0.25, -0.2) is 4.39 Å². The van der Waals surface area contributed by atoms with Crippen molar-refractivity contribution in [1.29, 1.82) is 0 Å². The summed E-state index contributed by atoms with van der Waals surface area (Å²) in [6.45, 7) is 1.95. The van der Waals surface area contributed by atoms with Gasteiger partial charge in [0.25, 0.3) is 0 Å². The molecule has 1 N–H and O–H groups in total. The first kappa shape index (κ1) is 11.3. The van der Waals surface area contributed by atoms with E-state index >= 15 is 0 Å². The highest BCUT2D eigenvalue weighted by molar-refractivity contribution is 5.53. The Balaban J connectivity index is 1.84. The van der Waals surface area contributed by atoms with Crippen LogP contribution < -0.4 is 5.32 Å². The molecule has 1 fully saturated rings. The molecule has 0 saturated carbocycles. The second-order valence-electron chi connectivity index (χ2n) is 4.49. The number of halogens is 1. The predicted molar refractivity (Wildman–Crippen MR) is 64.5 cm³/mol. The normalized spacial score (nSPS) is 16.9. The molecule has 2 aromatic rings. The van der Waals surface area contributed by atoms with Gasteiger partial charge in [0.05, 0.1) is 0 Å². The van der Waals surface area contributed by atoms with Crippen molar-refractivity contribution in [2.75, 3.05) is 13.1 Å². The molecule has 0 amide bonds. The van der Waals surface area contributed by atoms with Crippen molar-refractivity contribution >= 4 is 0 Å². The van der Waals surface area contributed by atoms with Crippen LogP contribution in [-0.4, -0.2) is 23.2 Å². The van der Waals surface area contributed by atoms with Crippen LogP contribution in [0.15, 0.2) is 28.8 Å². The monoisotopic (exact) mass is 247 g/mol. The Hall–Kier alpha value is -1.75. The molecular formula is C13H14FN3O. The molecule has 1 saturated heterocycles. The molecule has 1 aliphatic rings. The summed E-state index contributed by atoms with van der Waals surface area (Å²) in [4.78, 5) is 4.37. The largest absolute Gasteiger partial charge is 0.339 e. The highest BCUT2D eigenvalue weighted by Crippen LogP contribution is 2.26. The Morgan fingerprint density at radius 3 is 2.89 bits per heavy atom. The number of hydrogen-bond donors (Lipinski definition) is 1. The highest BCUT2D eigenvalue weighted by Gasteiger charge is 2.21. The number of benzene rings is 1. The van der Waals surface area contributed by atoms with Crippen molar-refractivity contribution in [2.45, 2.75) is 18.8 Å². The van der Waals surface area contributed by atoms with Gasteiger partial charge in [0.2, 0.25) is 11.7 Å². The zero-order valence-electron chi connectivity index (χ0n) is 9.90. The van der Waals surface area contributed by atoms with Gasteiger partial charge in [-0.2, -0.15) is 4.98 Å². The molecule has 0 bridgehead atoms. The van der Waals surface area contributed by atoms with Gasteiger partial charge in [-0.05, 0) is 38.1 Å². The van der Waals surface area contributed by atoms with Crippen LogP contribution in [0, 0.1) is 5.82 Å². The van der Waals surface area contributed by atoms with Crippen LogP contribution in [0.3, 0.4) is 0 Å². The van der Waals surface area contributed by atoms with E-state index in [2.05, 4.69) is 15.5 Å². The summed E-state index contributed by atoms with van der Waals surface area (Å²) in [6, 6.07) is 6.24. The summed E-state index contributed by atoms with van der Waals surface area (Å²) in [7, 11) is 0. The molecule has 2 heterocycles. The second kappa shape index (κ2) is 4.86. The van der Waals surface area contributed by atoms with Gasteiger partial charge in [0.15, 0.2) is 0 Å². The number of piperidine rings is 1. The van der Waals surface area contributed by atoms with Gasteiger partial charge in [-0.15, -0.1) is 0 Å². The molecule has 0 radical (unpaired) electrons. The Labute approximate surface area is 104 Å². The lowest BCUT2D eigenvalue weighted by Crippen LogP contribution is -2.26. The molecule has 5 heteroatoms. The molecule has 0 aliphatic carbocycles. The molecule has 3 rings (SSSR count). The van der Waals surface area contributed by atoms with Crippen molar-refractivity contribution in [1.82, 2.24) is 15.5 Å². The average Bonchev–Trinajstić information content (AvgIpc) is 2.89. The van der Waals surface area contributed by atoms with E-state index in [9.17, 15) is 4.39 Å². The molecule has 18 heavy (non-hydrogen) atoms. The average molecular weight is 247 g/mol. The summed E-state index contributed by atoms with van der Waals surface area (Å²) < 4.78 is 18.4. The standard InChI is InChI=1S/C13H14FN3O/c14-11-3-1-2-10(8-11)12-16-13(18-17-12)9-4-6-15-7-5-9/h1-3,8-9,15H,4-7H2. The second-order valence-corrected chi connectivity index (χ2v) is 4.49. The van der Waals surface area contributed by atoms with Crippen LogP contribution >= 0.6 is 0 Å². The van der Waals surface area contributed by atoms with Gasteiger partial charge in [-0.3, -0.25) is 0 Å². The maximum absolute atomic E-state index is 13.1. The van der Waals surface area contributed by atoms with Gasteiger partial charge in [0, 0.05) is 11.5 Å².